The maximum absolute atomic E-state index is 12.5. The number of imide groups is 1. The van der Waals surface area contributed by atoms with E-state index in [0.29, 0.717) is 0 Å². The zero-order chi connectivity index (χ0) is 19.2. The molecule has 0 bridgehead atoms. The highest BCUT2D eigenvalue weighted by Gasteiger charge is 2.48. The zero-order valence-electron chi connectivity index (χ0n) is 16.1. The second-order valence-corrected chi connectivity index (χ2v) is 8.08. The largest absolute Gasteiger partial charge is 0.336 e. The highest BCUT2D eigenvalue weighted by atomic mass is 32.2. The summed E-state index contributed by atoms with van der Waals surface area (Å²) in [7, 11) is 1.70. The Morgan fingerprint density at radius 3 is 2.67 bits per heavy atom. The van der Waals surface area contributed by atoms with E-state index in [9.17, 15) is 9.59 Å². The van der Waals surface area contributed by atoms with E-state index in [4.69, 9.17) is 4.99 Å². The first-order valence-corrected chi connectivity index (χ1v) is 10.7. The lowest BCUT2D eigenvalue weighted by Crippen LogP contribution is -2.63. The number of nitrogens with zero attached hydrogens (tertiary/aromatic N) is 3. The Morgan fingerprint density at radius 1 is 1.15 bits per heavy atom. The van der Waals surface area contributed by atoms with Gasteiger partial charge in [0.1, 0.15) is 0 Å². The van der Waals surface area contributed by atoms with Gasteiger partial charge in [-0.15, -0.1) is 0 Å². The van der Waals surface area contributed by atoms with Crippen LogP contribution in [0.15, 0.2) is 35.3 Å². The van der Waals surface area contributed by atoms with Crippen molar-refractivity contribution in [3.05, 3.63) is 35.9 Å². The average Bonchev–Trinajstić information content (AvgIpc) is 3.04. The number of likely N-dealkylation sites (N-methyl/N-ethyl adjacent to an activating group) is 1. The molecule has 3 rings (SSSR count). The number of thioether (sulfide) groups is 1. The van der Waals surface area contributed by atoms with Crippen molar-refractivity contribution in [2.45, 2.75) is 51.2 Å². The highest BCUT2D eigenvalue weighted by molar-refractivity contribution is 8.13. The van der Waals surface area contributed by atoms with Gasteiger partial charge in [0.15, 0.2) is 17.4 Å². The number of urea groups is 1. The number of carbonyl (C=O) groups is 2. The van der Waals surface area contributed by atoms with E-state index in [0.717, 1.165) is 49.6 Å². The number of carbonyl (C=O) groups excluding carboxylic acids is 2. The number of amides is 3. The fourth-order valence-corrected chi connectivity index (χ4v) is 4.50. The molecular weight excluding hydrogens is 360 g/mol. The van der Waals surface area contributed by atoms with E-state index in [2.05, 4.69) is 41.4 Å². The summed E-state index contributed by atoms with van der Waals surface area (Å²) in [6, 6.07) is 9.69. The molecule has 0 saturated carbocycles. The topological polar surface area (TPSA) is 65.0 Å². The maximum atomic E-state index is 12.5. The fourth-order valence-electron chi connectivity index (χ4n) is 3.47. The summed E-state index contributed by atoms with van der Waals surface area (Å²) >= 11 is 1.70. The predicted octanol–water partition coefficient (Wildman–Crippen LogP) is 3.09. The summed E-state index contributed by atoms with van der Waals surface area (Å²) in [6.07, 6.45) is 4.94. The second-order valence-electron chi connectivity index (χ2n) is 7.01. The van der Waals surface area contributed by atoms with E-state index in [-0.39, 0.29) is 11.9 Å². The molecule has 1 aromatic carbocycles. The number of unbranched alkanes of at least 4 members (excludes halogenated alkanes) is 2. The van der Waals surface area contributed by atoms with Crippen LogP contribution in [-0.4, -0.2) is 58.5 Å². The van der Waals surface area contributed by atoms with Crippen molar-refractivity contribution < 1.29 is 9.59 Å². The van der Waals surface area contributed by atoms with Crippen LogP contribution in [0.25, 0.3) is 0 Å². The fraction of sp³-hybridized carbons (Fsp3) is 0.550. The second kappa shape index (κ2) is 9.26. The molecule has 7 heteroatoms. The lowest BCUT2D eigenvalue weighted by atomic mass is 10.1. The molecule has 2 aliphatic rings. The van der Waals surface area contributed by atoms with Crippen LogP contribution >= 0.6 is 11.8 Å². The van der Waals surface area contributed by atoms with E-state index in [1.54, 1.807) is 18.8 Å². The lowest BCUT2D eigenvalue weighted by molar-refractivity contribution is -0.127. The quantitative estimate of drug-likeness (QED) is 0.695. The van der Waals surface area contributed by atoms with E-state index in [1.165, 1.54) is 10.5 Å². The van der Waals surface area contributed by atoms with Gasteiger partial charge >= 0.3 is 6.03 Å². The number of hydrogen-bond donors (Lipinski definition) is 1. The number of benzene rings is 1. The van der Waals surface area contributed by atoms with E-state index in [1.807, 2.05) is 6.07 Å². The maximum Gasteiger partial charge on any atom is 0.325 e. The molecule has 2 atom stereocenters. The lowest BCUT2D eigenvalue weighted by Gasteiger charge is -2.36. The van der Waals surface area contributed by atoms with Gasteiger partial charge in [-0.2, -0.15) is 0 Å². The molecule has 1 saturated heterocycles. The number of nitrogens with one attached hydrogen (secondary N) is 1. The third-order valence-corrected chi connectivity index (χ3v) is 6.10. The van der Waals surface area contributed by atoms with Crippen LogP contribution in [0.5, 0.6) is 0 Å². The van der Waals surface area contributed by atoms with Gasteiger partial charge in [0, 0.05) is 19.3 Å². The third kappa shape index (κ3) is 4.64. The minimum absolute atomic E-state index is 0.233. The normalized spacial score (nSPS) is 21.9. The van der Waals surface area contributed by atoms with Crippen LogP contribution in [0, 0.1) is 0 Å². The highest BCUT2D eigenvalue weighted by Crippen LogP contribution is 2.29. The van der Waals surface area contributed by atoms with Crippen LogP contribution < -0.4 is 5.32 Å². The van der Waals surface area contributed by atoms with Crippen molar-refractivity contribution in [1.29, 1.82) is 0 Å². The van der Waals surface area contributed by atoms with Crippen molar-refractivity contribution in [2.24, 2.45) is 4.99 Å². The van der Waals surface area contributed by atoms with Crippen LogP contribution in [0.4, 0.5) is 4.79 Å². The summed E-state index contributed by atoms with van der Waals surface area (Å²) in [6.45, 7) is 2.97. The van der Waals surface area contributed by atoms with Gasteiger partial charge in [0.2, 0.25) is 0 Å². The monoisotopic (exact) mass is 388 g/mol. The molecule has 0 radical (unpaired) electrons. The molecule has 1 N–H and O–H groups in total. The molecule has 146 valence electrons. The van der Waals surface area contributed by atoms with Gasteiger partial charge in [-0.3, -0.25) is 10.1 Å². The zero-order valence-corrected chi connectivity index (χ0v) is 16.9. The van der Waals surface area contributed by atoms with E-state index < -0.39 is 12.2 Å². The van der Waals surface area contributed by atoms with Gasteiger partial charge < -0.3 is 9.80 Å². The van der Waals surface area contributed by atoms with Gasteiger partial charge in [0.25, 0.3) is 5.91 Å². The Bertz CT molecular complexity index is 694. The molecule has 0 aliphatic carbocycles. The molecule has 2 heterocycles. The van der Waals surface area contributed by atoms with Gasteiger partial charge in [0.05, 0.1) is 0 Å². The first-order valence-electron chi connectivity index (χ1n) is 9.70. The number of amidine groups is 1. The molecule has 0 spiro atoms. The van der Waals surface area contributed by atoms with Crippen LogP contribution in [-0.2, 0) is 11.2 Å². The number of aryl methyl sites for hydroxylation is 1. The van der Waals surface area contributed by atoms with Crippen LogP contribution in [0.2, 0.25) is 0 Å². The average molecular weight is 389 g/mol. The molecule has 27 heavy (non-hydrogen) atoms. The van der Waals surface area contributed by atoms with Gasteiger partial charge in [-0.05, 0) is 24.8 Å². The number of rotatable bonds is 8. The summed E-state index contributed by atoms with van der Waals surface area (Å²) in [4.78, 5) is 32.8. The standard InChI is InChI=1S/C20H28N4O2S/c1-3-4-8-13-24-16-17(23(2)19(26)22-18(16)25)21-20(24)27-14-9-12-15-10-6-5-7-11-15/h5-7,10-11,16-17H,3-4,8-9,12-14H2,1-2H3,(H,22,25,26). The number of aliphatic imine (C=N–C) groups is 1. The summed E-state index contributed by atoms with van der Waals surface area (Å²) in [5, 5.41) is 3.35. The Hall–Kier alpha value is -2.02. The van der Waals surface area contributed by atoms with Crippen molar-refractivity contribution in [3.63, 3.8) is 0 Å². The molecule has 0 aromatic heterocycles. The van der Waals surface area contributed by atoms with E-state index >= 15 is 0 Å². The van der Waals surface area contributed by atoms with Crippen LogP contribution in [0.1, 0.15) is 38.2 Å². The predicted molar refractivity (Wildman–Crippen MR) is 110 cm³/mol. The Morgan fingerprint density at radius 2 is 1.93 bits per heavy atom. The Balaban J connectivity index is 1.62. The van der Waals surface area contributed by atoms with Gasteiger partial charge in [-0.25, -0.2) is 9.79 Å². The van der Waals surface area contributed by atoms with Crippen molar-refractivity contribution in [2.75, 3.05) is 19.3 Å². The van der Waals surface area contributed by atoms with Crippen molar-refractivity contribution >= 4 is 28.9 Å². The Labute approximate surface area is 165 Å². The molecule has 2 unspecified atom stereocenters. The first kappa shape index (κ1) is 19.7. The smallest absolute Gasteiger partial charge is 0.325 e. The molecule has 1 fully saturated rings. The minimum Gasteiger partial charge on any atom is -0.336 e. The summed E-state index contributed by atoms with van der Waals surface area (Å²) in [5.41, 5.74) is 1.34. The molecular formula is C20H28N4O2S. The molecule has 3 amide bonds. The molecule has 6 nitrogen and oxygen atoms in total. The SMILES string of the molecule is CCCCCN1C(SCCCc2ccccc2)=NC2C1C(=O)NC(=O)N2C. The first-order chi connectivity index (χ1) is 13.1. The van der Waals surface area contributed by atoms with Crippen molar-refractivity contribution in [3.8, 4) is 0 Å². The summed E-state index contributed by atoms with van der Waals surface area (Å²) < 4.78 is 0. The van der Waals surface area contributed by atoms with Crippen LogP contribution in [0.3, 0.4) is 0 Å². The molecule has 1 aromatic rings. The van der Waals surface area contributed by atoms with Gasteiger partial charge in [-0.1, -0.05) is 61.9 Å². The Kier molecular flexibility index (Phi) is 6.77. The minimum atomic E-state index is -0.413. The summed E-state index contributed by atoms with van der Waals surface area (Å²) in [5.74, 6) is 0.708. The molecule has 2 aliphatic heterocycles. The third-order valence-electron chi connectivity index (χ3n) is 5.01. The van der Waals surface area contributed by atoms with Crippen molar-refractivity contribution in [1.82, 2.24) is 15.1 Å². The number of hydrogen-bond acceptors (Lipinski definition) is 5. The number of fused-ring (bicyclic) bond motifs is 1.